The van der Waals surface area contributed by atoms with E-state index in [1.54, 1.807) is 6.42 Å². The smallest absolute Gasteiger partial charge is 0.0195 e. The lowest BCUT2D eigenvalue weighted by Crippen LogP contribution is -2.55. The number of hydrogen-bond donors (Lipinski definition) is 1. The van der Waals surface area contributed by atoms with Crippen LogP contribution in [0.4, 0.5) is 0 Å². The van der Waals surface area contributed by atoms with Gasteiger partial charge in [0.15, 0.2) is 0 Å². The summed E-state index contributed by atoms with van der Waals surface area (Å²) in [6.45, 7) is 8.51. The van der Waals surface area contributed by atoms with Crippen molar-refractivity contribution >= 4 is 0 Å². The quantitative estimate of drug-likeness (QED) is 0.770. The topological polar surface area (TPSA) is 15.3 Å². The van der Waals surface area contributed by atoms with E-state index in [4.69, 9.17) is 0 Å². The number of rotatable bonds is 2. The molecule has 1 heterocycles. The van der Waals surface area contributed by atoms with Gasteiger partial charge in [-0.3, -0.25) is 4.90 Å². The first-order valence-electron chi connectivity index (χ1n) is 7.22. The molecule has 5 atom stereocenters. The van der Waals surface area contributed by atoms with Gasteiger partial charge in [-0.05, 0) is 50.9 Å². The third-order valence-electron chi connectivity index (χ3n) is 5.49. The summed E-state index contributed by atoms with van der Waals surface area (Å²) in [4.78, 5) is 2.77. The second-order valence-corrected chi connectivity index (χ2v) is 6.37. The average molecular weight is 222 g/mol. The van der Waals surface area contributed by atoms with Crippen molar-refractivity contribution in [2.45, 2.75) is 51.6 Å². The molecule has 1 saturated heterocycles. The van der Waals surface area contributed by atoms with Crippen LogP contribution in [0.3, 0.4) is 0 Å². The Labute approximate surface area is 99.8 Å². The third kappa shape index (κ3) is 1.80. The van der Waals surface area contributed by atoms with Gasteiger partial charge in [0.25, 0.3) is 0 Å². The Balaban J connectivity index is 1.65. The molecule has 2 heteroatoms. The van der Waals surface area contributed by atoms with Gasteiger partial charge in [0.05, 0.1) is 0 Å². The van der Waals surface area contributed by atoms with E-state index in [0.717, 1.165) is 29.8 Å². The van der Waals surface area contributed by atoms with Crippen LogP contribution in [0.5, 0.6) is 0 Å². The van der Waals surface area contributed by atoms with Crippen molar-refractivity contribution in [1.29, 1.82) is 0 Å². The number of fused-ring (bicyclic) bond motifs is 2. The van der Waals surface area contributed by atoms with Crippen molar-refractivity contribution in [2.24, 2.45) is 17.8 Å². The van der Waals surface area contributed by atoms with Crippen LogP contribution in [0.1, 0.15) is 39.5 Å². The van der Waals surface area contributed by atoms with Gasteiger partial charge in [0.2, 0.25) is 0 Å². The molecule has 0 aromatic carbocycles. The van der Waals surface area contributed by atoms with Crippen molar-refractivity contribution < 1.29 is 0 Å². The van der Waals surface area contributed by atoms with Crippen LogP contribution >= 0.6 is 0 Å². The first-order valence-corrected chi connectivity index (χ1v) is 7.22. The van der Waals surface area contributed by atoms with Crippen LogP contribution in [-0.4, -0.2) is 36.6 Å². The summed E-state index contributed by atoms with van der Waals surface area (Å²) in [5, 5.41) is 3.50. The normalized spacial score (nSPS) is 46.1. The Hall–Kier alpha value is -0.0800. The van der Waals surface area contributed by atoms with Crippen LogP contribution in [0.15, 0.2) is 0 Å². The second kappa shape index (κ2) is 4.30. The number of nitrogens with one attached hydrogen (secondary N) is 1. The summed E-state index contributed by atoms with van der Waals surface area (Å²) in [5.74, 6) is 3.18. The van der Waals surface area contributed by atoms with Crippen molar-refractivity contribution in [3.05, 3.63) is 0 Å². The monoisotopic (exact) mass is 222 g/mol. The lowest BCUT2D eigenvalue weighted by atomic mass is 9.82. The molecule has 2 bridgehead atoms. The molecule has 3 rings (SSSR count). The molecular weight excluding hydrogens is 196 g/mol. The fourth-order valence-electron chi connectivity index (χ4n) is 4.59. The minimum Gasteiger partial charge on any atom is -0.314 e. The van der Waals surface area contributed by atoms with Crippen molar-refractivity contribution in [3.8, 4) is 0 Å². The molecule has 2 nitrogen and oxygen atoms in total. The van der Waals surface area contributed by atoms with E-state index >= 15 is 0 Å². The van der Waals surface area contributed by atoms with Crippen LogP contribution in [0.25, 0.3) is 0 Å². The summed E-state index contributed by atoms with van der Waals surface area (Å²) in [6, 6.07) is 1.57. The van der Waals surface area contributed by atoms with E-state index in [1.165, 1.54) is 38.9 Å². The fourth-order valence-corrected chi connectivity index (χ4v) is 4.59. The maximum atomic E-state index is 3.50. The average Bonchev–Trinajstić information content (AvgIpc) is 2.90. The second-order valence-electron chi connectivity index (χ2n) is 6.37. The minimum absolute atomic E-state index is 0.739. The third-order valence-corrected chi connectivity index (χ3v) is 5.49. The molecular formula is C14H26N2. The van der Waals surface area contributed by atoms with Gasteiger partial charge in [-0.25, -0.2) is 0 Å². The SMILES string of the molecule is CC1CNCCN1C(C)C1CC2CCC1C2. The zero-order chi connectivity index (χ0) is 11.1. The van der Waals surface area contributed by atoms with Crippen molar-refractivity contribution in [1.82, 2.24) is 10.2 Å². The summed E-state index contributed by atoms with van der Waals surface area (Å²) in [6.07, 6.45) is 6.14. The van der Waals surface area contributed by atoms with E-state index in [9.17, 15) is 0 Å². The zero-order valence-corrected chi connectivity index (χ0v) is 10.8. The standard InChI is InChI=1S/C14H26N2/c1-10-9-15-5-6-16(10)11(2)14-8-12-3-4-13(14)7-12/h10-15H,3-9H2,1-2H3. The van der Waals surface area contributed by atoms with E-state index in [2.05, 4.69) is 24.1 Å². The van der Waals surface area contributed by atoms with Crippen LogP contribution in [-0.2, 0) is 0 Å². The van der Waals surface area contributed by atoms with Gasteiger partial charge in [-0.15, -0.1) is 0 Å². The van der Waals surface area contributed by atoms with Crippen LogP contribution in [0.2, 0.25) is 0 Å². The predicted molar refractivity (Wildman–Crippen MR) is 67.4 cm³/mol. The maximum Gasteiger partial charge on any atom is 0.0195 e. The first kappa shape index (κ1) is 11.0. The van der Waals surface area contributed by atoms with Gasteiger partial charge in [-0.1, -0.05) is 6.42 Å². The lowest BCUT2D eigenvalue weighted by molar-refractivity contribution is 0.0682. The minimum atomic E-state index is 0.739. The highest BCUT2D eigenvalue weighted by Crippen LogP contribution is 2.50. The highest BCUT2D eigenvalue weighted by Gasteiger charge is 2.43. The van der Waals surface area contributed by atoms with Gasteiger partial charge in [-0.2, -0.15) is 0 Å². The van der Waals surface area contributed by atoms with E-state index in [-0.39, 0.29) is 0 Å². The summed E-state index contributed by atoms with van der Waals surface area (Å²) in [7, 11) is 0. The summed E-state index contributed by atoms with van der Waals surface area (Å²) in [5.41, 5.74) is 0. The van der Waals surface area contributed by atoms with Gasteiger partial charge < -0.3 is 5.32 Å². The molecule has 1 N–H and O–H groups in total. The molecule has 0 aromatic heterocycles. The Morgan fingerprint density at radius 1 is 1.25 bits per heavy atom. The largest absolute Gasteiger partial charge is 0.314 e. The van der Waals surface area contributed by atoms with Gasteiger partial charge >= 0.3 is 0 Å². The Morgan fingerprint density at radius 3 is 2.75 bits per heavy atom. The zero-order valence-electron chi connectivity index (χ0n) is 10.8. The highest BCUT2D eigenvalue weighted by molar-refractivity contribution is 4.96. The molecule has 2 aliphatic carbocycles. The molecule has 1 aliphatic heterocycles. The van der Waals surface area contributed by atoms with E-state index in [1.807, 2.05) is 0 Å². The Kier molecular flexibility index (Phi) is 2.97. The lowest BCUT2D eigenvalue weighted by Gasteiger charge is -2.43. The molecule has 0 amide bonds. The van der Waals surface area contributed by atoms with Crippen molar-refractivity contribution in [2.75, 3.05) is 19.6 Å². The molecule has 92 valence electrons. The van der Waals surface area contributed by atoms with E-state index < -0.39 is 0 Å². The fraction of sp³-hybridized carbons (Fsp3) is 1.00. The van der Waals surface area contributed by atoms with Crippen LogP contribution < -0.4 is 5.32 Å². The number of piperazine rings is 1. The molecule has 3 aliphatic rings. The molecule has 5 unspecified atom stereocenters. The maximum absolute atomic E-state index is 3.50. The molecule has 0 radical (unpaired) electrons. The molecule has 2 saturated carbocycles. The summed E-state index contributed by atoms with van der Waals surface area (Å²) >= 11 is 0. The van der Waals surface area contributed by atoms with Gasteiger partial charge in [0, 0.05) is 31.7 Å². The number of hydrogen-bond acceptors (Lipinski definition) is 2. The Morgan fingerprint density at radius 2 is 2.12 bits per heavy atom. The first-order chi connectivity index (χ1) is 7.75. The Bertz CT molecular complexity index is 251. The summed E-state index contributed by atoms with van der Waals surface area (Å²) < 4.78 is 0. The van der Waals surface area contributed by atoms with Crippen LogP contribution in [0, 0.1) is 17.8 Å². The molecule has 0 aromatic rings. The van der Waals surface area contributed by atoms with Crippen molar-refractivity contribution in [3.63, 3.8) is 0 Å². The molecule has 3 fully saturated rings. The van der Waals surface area contributed by atoms with Gasteiger partial charge in [0.1, 0.15) is 0 Å². The number of nitrogens with zero attached hydrogens (tertiary/aromatic N) is 1. The highest BCUT2D eigenvalue weighted by atomic mass is 15.2. The molecule has 0 spiro atoms. The molecule has 16 heavy (non-hydrogen) atoms. The van der Waals surface area contributed by atoms with E-state index in [0.29, 0.717) is 0 Å². The predicted octanol–water partition coefficient (Wildman–Crippen LogP) is 2.10.